The van der Waals surface area contributed by atoms with Crippen molar-refractivity contribution in [3.05, 3.63) is 59.5 Å². The van der Waals surface area contributed by atoms with Crippen LogP contribution >= 0.6 is 11.3 Å². The zero-order chi connectivity index (χ0) is 28.6. The van der Waals surface area contributed by atoms with Crippen molar-refractivity contribution in [1.29, 1.82) is 0 Å². The minimum atomic E-state index is -3.69. The number of hydrogen-bond acceptors (Lipinski definition) is 8. The molecule has 0 aliphatic rings. The minimum absolute atomic E-state index is 0.105. The topological polar surface area (TPSA) is 130 Å². The number of nitrogens with zero attached hydrogens (tertiary/aromatic N) is 2. The molecule has 1 aromatic heterocycles. The van der Waals surface area contributed by atoms with Crippen LogP contribution in [0.3, 0.4) is 0 Å². The monoisotopic (exact) mass is 573 g/mol. The van der Waals surface area contributed by atoms with Crippen LogP contribution in [0.4, 0.5) is 10.8 Å². The molecule has 39 heavy (non-hydrogen) atoms. The van der Waals surface area contributed by atoms with Crippen molar-refractivity contribution >= 4 is 44.0 Å². The molecule has 1 heterocycles. The van der Waals surface area contributed by atoms with E-state index in [2.05, 4.69) is 20.3 Å². The Morgan fingerprint density at radius 3 is 2.28 bits per heavy atom. The molecule has 0 bridgehead atoms. The van der Waals surface area contributed by atoms with Gasteiger partial charge in [-0.25, -0.2) is 13.4 Å². The summed E-state index contributed by atoms with van der Waals surface area (Å²) >= 11 is 1.53. The summed E-state index contributed by atoms with van der Waals surface area (Å²) in [7, 11) is 1.69. The van der Waals surface area contributed by atoms with E-state index < -0.39 is 22.0 Å². The lowest BCUT2D eigenvalue weighted by Gasteiger charge is -2.20. The highest BCUT2D eigenvalue weighted by Gasteiger charge is 2.23. The van der Waals surface area contributed by atoms with Crippen LogP contribution in [0, 0.1) is 5.92 Å². The molecule has 3 rings (SSSR count). The van der Waals surface area contributed by atoms with E-state index in [0.29, 0.717) is 23.4 Å². The zero-order valence-corrected chi connectivity index (χ0v) is 24.4. The highest BCUT2D eigenvalue weighted by molar-refractivity contribution is 7.92. The van der Waals surface area contributed by atoms with Crippen LogP contribution in [0.15, 0.2) is 53.9 Å². The Balaban J connectivity index is 1.57. The number of ether oxygens (including phenoxy) is 1. The lowest BCUT2D eigenvalue weighted by Crippen LogP contribution is -2.48. The summed E-state index contributed by atoms with van der Waals surface area (Å²) < 4.78 is 32.4. The lowest BCUT2D eigenvalue weighted by molar-refractivity contribution is -0.123. The summed E-state index contributed by atoms with van der Waals surface area (Å²) in [5.74, 6) is -0.409. The van der Waals surface area contributed by atoms with Gasteiger partial charge >= 0.3 is 0 Å². The molecular weight excluding hydrogens is 538 g/mol. The molecular formula is C27H35N5O5S2. The molecule has 3 aromatic rings. The van der Waals surface area contributed by atoms with Gasteiger partial charge in [-0.05, 0) is 48.7 Å². The average Bonchev–Trinajstić information content (AvgIpc) is 3.39. The standard InChI is InChI=1S/C27H35N5O5S2/c1-18(2)16-23(26(34)28-14-15-39(35,36)31-21-10-12-22(37-5)13-11-21)29-25(33)20-8-6-19(7-9-20)24-17-38-27(30-24)32(3)4/h6-13,17-18,23,31H,14-16H2,1-5H3,(H,28,34)(H,29,33). The molecule has 1 atom stereocenters. The summed E-state index contributed by atoms with van der Waals surface area (Å²) in [6.45, 7) is 3.78. The second-order valence-corrected chi connectivity index (χ2v) is 12.3. The van der Waals surface area contributed by atoms with E-state index in [0.717, 1.165) is 16.4 Å². The molecule has 210 valence electrons. The van der Waals surface area contributed by atoms with E-state index in [9.17, 15) is 18.0 Å². The molecule has 3 N–H and O–H groups in total. The molecule has 0 aliphatic heterocycles. The molecule has 0 aliphatic carbocycles. The number of carbonyl (C=O) groups is 2. The summed E-state index contributed by atoms with van der Waals surface area (Å²) in [4.78, 5) is 32.3. The van der Waals surface area contributed by atoms with Gasteiger partial charge in [-0.15, -0.1) is 11.3 Å². The van der Waals surface area contributed by atoms with Crippen molar-refractivity contribution in [2.45, 2.75) is 26.3 Å². The quantitative estimate of drug-likeness (QED) is 0.285. The molecule has 0 fully saturated rings. The van der Waals surface area contributed by atoms with Crippen molar-refractivity contribution in [3.63, 3.8) is 0 Å². The van der Waals surface area contributed by atoms with Gasteiger partial charge in [-0.2, -0.15) is 0 Å². The number of rotatable bonds is 13. The number of methoxy groups -OCH3 is 1. The Morgan fingerprint density at radius 2 is 1.72 bits per heavy atom. The number of aromatic nitrogens is 1. The van der Waals surface area contributed by atoms with Gasteiger partial charge in [0, 0.05) is 42.8 Å². The summed E-state index contributed by atoms with van der Waals surface area (Å²) in [5, 5.41) is 8.28. The van der Waals surface area contributed by atoms with Gasteiger partial charge in [-0.1, -0.05) is 26.0 Å². The normalized spacial score (nSPS) is 12.1. The molecule has 0 radical (unpaired) electrons. The maximum Gasteiger partial charge on any atom is 0.251 e. The molecule has 2 amide bonds. The highest BCUT2D eigenvalue weighted by Crippen LogP contribution is 2.26. The third-order valence-corrected chi connectivity index (χ3v) is 7.98. The first kappa shape index (κ1) is 29.9. The highest BCUT2D eigenvalue weighted by atomic mass is 32.2. The van der Waals surface area contributed by atoms with Gasteiger partial charge < -0.3 is 20.3 Å². The van der Waals surface area contributed by atoms with Crippen LogP contribution in [-0.4, -0.2) is 64.8 Å². The van der Waals surface area contributed by atoms with Crippen LogP contribution in [0.5, 0.6) is 5.75 Å². The van der Waals surface area contributed by atoms with Crippen molar-refractivity contribution in [2.75, 3.05) is 43.1 Å². The third kappa shape index (κ3) is 8.96. The molecule has 1 unspecified atom stereocenters. The number of carbonyl (C=O) groups excluding carboxylic acids is 2. The van der Waals surface area contributed by atoms with Crippen LogP contribution in [-0.2, 0) is 14.8 Å². The first-order valence-corrected chi connectivity index (χ1v) is 15.0. The maximum atomic E-state index is 12.9. The van der Waals surface area contributed by atoms with Crippen LogP contribution in [0.1, 0.15) is 30.6 Å². The van der Waals surface area contributed by atoms with Gasteiger partial charge in [0.15, 0.2) is 5.13 Å². The van der Waals surface area contributed by atoms with Crippen molar-refractivity contribution in [1.82, 2.24) is 15.6 Å². The third-order valence-electron chi connectivity index (χ3n) is 5.68. The number of anilines is 2. The number of thiazole rings is 1. The SMILES string of the molecule is COc1ccc(NS(=O)(=O)CCNC(=O)C(CC(C)C)NC(=O)c2ccc(-c3csc(N(C)C)n3)cc2)cc1. The number of hydrogen-bond donors (Lipinski definition) is 3. The lowest BCUT2D eigenvalue weighted by atomic mass is 10.0. The minimum Gasteiger partial charge on any atom is -0.497 e. The van der Waals surface area contributed by atoms with Crippen molar-refractivity contribution < 1.29 is 22.7 Å². The van der Waals surface area contributed by atoms with Crippen LogP contribution in [0.25, 0.3) is 11.3 Å². The summed E-state index contributed by atoms with van der Waals surface area (Å²) in [6.07, 6.45) is 0.401. The fourth-order valence-corrected chi connectivity index (χ4v) is 5.40. The van der Waals surface area contributed by atoms with E-state index in [1.807, 2.05) is 50.4 Å². The van der Waals surface area contributed by atoms with Gasteiger partial charge in [0.05, 0.1) is 18.6 Å². The number of benzene rings is 2. The zero-order valence-electron chi connectivity index (χ0n) is 22.7. The van der Waals surface area contributed by atoms with Gasteiger partial charge in [-0.3, -0.25) is 14.3 Å². The Kier molecular flexibility index (Phi) is 10.3. The predicted molar refractivity (Wildman–Crippen MR) is 156 cm³/mol. The number of nitrogens with one attached hydrogen (secondary N) is 3. The Labute approximate surface area is 233 Å². The van der Waals surface area contributed by atoms with E-state index in [1.165, 1.54) is 18.4 Å². The fraction of sp³-hybridized carbons (Fsp3) is 0.370. The second-order valence-electron chi connectivity index (χ2n) is 9.58. The predicted octanol–water partition coefficient (Wildman–Crippen LogP) is 3.59. The Hall–Kier alpha value is -3.64. The molecule has 0 saturated heterocycles. The average molecular weight is 574 g/mol. The second kappa shape index (κ2) is 13.4. The van der Waals surface area contributed by atoms with Gasteiger partial charge in [0.2, 0.25) is 15.9 Å². The smallest absolute Gasteiger partial charge is 0.251 e. The molecule has 0 spiro atoms. The Bertz CT molecular complexity index is 1350. The van der Waals surface area contributed by atoms with Gasteiger partial charge in [0.25, 0.3) is 5.91 Å². The molecule has 0 saturated carbocycles. The van der Waals surface area contributed by atoms with E-state index >= 15 is 0 Å². The Morgan fingerprint density at radius 1 is 1.05 bits per heavy atom. The molecule has 10 nitrogen and oxygen atoms in total. The fourth-order valence-electron chi connectivity index (χ4n) is 3.66. The molecule has 12 heteroatoms. The molecule has 2 aromatic carbocycles. The van der Waals surface area contributed by atoms with Gasteiger partial charge in [0.1, 0.15) is 11.8 Å². The first-order valence-electron chi connectivity index (χ1n) is 12.4. The maximum absolute atomic E-state index is 12.9. The largest absolute Gasteiger partial charge is 0.497 e. The van der Waals surface area contributed by atoms with Crippen LogP contribution < -0.4 is 25.0 Å². The first-order chi connectivity index (χ1) is 18.5. The summed E-state index contributed by atoms with van der Waals surface area (Å²) in [6, 6.07) is 12.7. The van der Waals surface area contributed by atoms with E-state index in [4.69, 9.17) is 4.74 Å². The van der Waals surface area contributed by atoms with Crippen molar-refractivity contribution in [2.24, 2.45) is 5.92 Å². The summed E-state index contributed by atoms with van der Waals surface area (Å²) in [5.41, 5.74) is 2.52. The number of amides is 2. The van der Waals surface area contributed by atoms with E-state index in [1.54, 1.807) is 36.4 Å². The number of sulfonamides is 1. The van der Waals surface area contributed by atoms with Crippen molar-refractivity contribution in [3.8, 4) is 17.0 Å². The van der Waals surface area contributed by atoms with E-state index in [-0.39, 0.29) is 24.1 Å². The van der Waals surface area contributed by atoms with Crippen LogP contribution in [0.2, 0.25) is 0 Å².